The Kier molecular flexibility index (Phi) is 5.66. The van der Waals surface area contributed by atoms with Crippen molar-refractivity contribution in [3.05, 3.63) is 48.0 Å². The molecule has 3 aromatic rings. The van der Waals surface area contributed by atoms with Crippen molar-refractivity contribution in [2.45, 2.75) is 32.9 Å². The van der Waals surface area contributed by atoms with E-state index in [-0.39, 0.29) is 0 Å². The second-order valence-electron chi connectivity index (χ2n) is 6.19. The molecule has 1 atom stereocenters. The van der Waals surface area contributed by atoms with Gasteiger partial charge < -0.3 is 15.2 Å². The monoisotopic (exact) mass is 371 g/mol. The Bertz CT molecular complexity index is 928. The highest BCUT2D eigenvalue weighted by Crippen LogP contribution is 2.25. The molecule has 1 unspecified atom stereocenters. The predicted molar refractivity (Wildman–Crippen MR) is 101 cm³/mol. The fraction of sp³-hybridized carbons (Fsp3) is 0.316. The minimum atomic E-state index is -0.546. The maximum Gasteiger partial charge on any atom is 0.247 e. The highest BCUT2D eigenvalue weighted by Gasteiger charge is 2.15. The van der Waals surface area contributed by atoms with Gasteiger partial charge in [-0.05, 0) is 31.5 Å². The number of benzene rings is 1. The maximum atomic E-state index is 13.7. The maximum absolute atomic E-state index is 13.7. The number of ether oxygens (including phenoxy) is 1. The zero-order valence-electron chi connectivity index (χ0n) is 15.5. The molecule has 142 valence electrons. The van der Waals surface area contributed by atoms with E-state index in [1.807, 2.05) is 26.0 Å². The molecule has 2 heterocycles. The van der Waals surface area contributed by atoms with Gasteiger partial charge in [0.25, 0.3) is 0 Å². The Morgan fingerprint density at radius 1 is 1.30 bits per heavy atom. The number of anilines is 2. The fourth-order valence-electron chi connectivity index (χ4n) is 2.63. The van der Waals surface area contributed by atoms with Gasteiger partial charge in [-0.2, -0.15) is 4.98 Å². The van der Waals surface area contributed by atoms with Gasteiger partial charge in [0.2, 0.25) is 5.95 Å². The van der Waals surface area contributed by atoms with E-state index in [0.717, 1.165) is 11.3 Å². The molecule has 3 rings (SSSR count). The lowest BCUT2D eigenvalue weighted by Gasteiger charge is -2.10. The number of methoxy groups -OCH3 is 1. The van der Waals surface area contributed by atoms with Crippen LogP contribution in [0.25, 0.3) is 11.4 Å². The number of aliphatic hydroxyl groups is 1. The largest absolute Gasteiger partial charge is 0.497 e. The topological polar surface area (TPSA) is 85.1 Å². The van der Waals surface area contributed by atoms with Crippen molar-refractivity contribution in [2.75, 3.05) is 12.4 Å². The molecular weight excluding hydrogens is 349 g/mol. The Hall–Kier alpha value is -3.00. The highest BCUT2D eigenvalue weighted by molar-refractivity contribution is 5.61. The molecule has 1 aromatic carbocycles. The molecule has 0 radical (unpaired) electrons. The summed E-state index contributed by atoms with van der Waals surface area (Å²) in [4.78, 5) is 8.73. The number of rotatable bonds is 7. The lowest BCUT2D eigenvalue weighted by molar-refractivity contribution is 0.146. The van der Waals surface area contributed by atoms with Crippen molar-refractivity contribution in [3.63, 3.8) is 0 Å². The number of aliphatic hydroxyl groups excluding tert-OH is 1. The zero-order valence-corrected chi connectivity index (χ0v) is 15.5. The van der Waals surface area contributed by atoms with E-state index < -0.39 is 11.9 Å². The third kappa shape index (κ3) is 4.59. The fourth-order valence-corrected chi connectivity index (χ4v) is 2.63. The average Bonchev–Trinajstić information content (AvgIpc) is 3.03. The summed E-state index contributed by atoms with van der Waals surface area (Å²) in [6, 6.07) is 8.01. The average molecular weight is 371 g/mol. The third-order valence-corrected chi connectivity index (χ3v) is 4.04. The first kappa shape index (κ1) is 18.8. The van der Waals surface area contributed by atoms with Crippen LogP contribution in [0.5, 0.6) is 5.75 Å². The minimum Gasteiger partial charge on any atom is -0.497 e. The molecule has 0 aliphatic carbocycles. The number of nitrogens with one attached hydrogen (secondary N) is 1. The van der Waals surface area contributed by atoms with E-state index in [2.05, 4.69) is 20.4 Å². The van der Waals surface area contributed by atoms with Crippen molar-refractivity contribution in [1.82, 2.24) is 19.7 Å². The molecule has 0 saturated carbocycles. The molecule has 0 saturated heterocycles. The van der Waals surface area contributed by atoms with Crippen LogP contribution in [-0.4, -0.2) is 38.1 Å². The van der Waals surface area contributed by atoms with E-state index >= 15 is 0 Å². The molecule has 7 nitrogen and oxygen atoms in total. The van der Waals surface area contributed by atoms with Crippen LogP contribution in [0.15, 0.2) is 36.5 Å². The second kappa shape index (κ2) is 8.13. The van der Waals surface area contributed by atoms with Crippen molar-refractivity contribution < 1.29 is 14.2 Å². The van der Waals surface area contributed by atoms with Crippen LogP contribution < -0.4 is 10.1 Å². The summed E-state index contributed by atoms with van der Waals surface area (Å²) in [7, 11) is 1.47. The van der Waals surface area contributed by atoms with E-state index in [9.17, 15) is 9.50 Å². The van der Waals surface area contributed by atoms with Crippen LogP contribution in [-0.2, 0) is 6.54 Å². The zero-order chi connectivity index (χ0) is 19.4. The number of halogens is 1. The number of pyridine rings is 1. The molecule has 0 bridgehead atoms. The van der Waals surface area contributed by atoms with Gasteiger partial charge in [-0.3, -0.25) is 4.98 Å². The van der Waals surface area contributed by atoms with Crippen LogP contribution >= 0.6 is 0 Å². The molecule has 0 amide bonds. The van der Waals surface area contributed by atoms with Crippen molar-refractivity contribution in [1.29, 1.82) is 0 Å². The normalized spacial score (nSPS) is 12.0. The molecule has 0 spiro atoms. The molecule has 2 aromatic heterocycles. The lowest BCUT2D eigenvalue weighted by atomic mass is 10.2. The summed E-state index contributed by atoms with van der Waals surface area (Å²) in [5, 5.41) is 17.5. The summed E-state index contributed by atoms with van der Waals surface area (Å²) >= 11 is 0. The summed E-state index contributed by atoms with van der Waals surface area (Å²) < 4.78 is 20.4. The van der Waals surface area contributed by atoms with Gasteiger partial charge >= 0.3 is 0 Å². The van der Waals surface area contributed by atoms with Gasteiger partial charge in [-0.15, -0.1) is 5.10 Å². The smallest absolute Gasteiger partial charge is 0.247 e. The standard InChI is InChI=1S/C19H22FN5O2/c1-4-16(26)11-25-18(13-5-6-21-12(2)7-13)23-19(24-25)22-15-8-14(20)9-17(10-15)27-3/h5-10,16,26H,4,11H2,1-3H3,(H,22,24). The summed E-state index contributed by atoms with van der Waals surface area (Å²) in [6.07, 6.45) is 1.75. The minimum absolute atomic E-state index is 0.300. The van der Waals surface area contributed by atoms with Crippen molar-refractivity contribution in [2.24, 2.45) is 0 Å². The predicted octanol–water partition coefficient (Wildman–Crippen LogP) is 3.31. The van der Waals surface area contributed by atoms with Crippen LogP contribution in [0.1, 0.15) is 19.0 Å². The Balaban J connectivity index is 1.97. The number of aromatic nitrogens is 4. The molecule has 0 aliphatic rings. The molecule has 8 heteroatoms. The summed E-state index contributed by atoms with van der Waals surface area (Å²) in [5.74, 6) is 0.861. The number of aryl methyl sites for hydroxylation is 1. The first-order valence-corrected chi connectivity index (χ1v) is 8.66. The van der Waals surface area contributed by atoms with E-state index in [4.69, 9.17) is 4.74 Å². The second-order valence-corrected chi connectivity index (χ2v) is 6.19. The van der Waals surface area contributed by atoms with Gasteiger partial charge in [0.15, 0.2) is 5.82 Å². The molecule has 2 N–H and O–H groups in total. The number of nitrogens with zero attached hydrogens (tertiary/aromatic N) is 4. The van der Waals surface area contributed by atoms with Crippen LogP contribution in [0, 0.1) is 12.7 Å². The Morgan fingerprint density at radius 3 is 2.81 bits per heavy atom. The van der Waals surface area contributed by atoms with Crippen molar-refractivity contribution >= 4 is 11.6 Å². The first-order chi connectivity index (χ1) is 13.0. The van der Waals surface area contributed by atoms with Crippen LogP contribution in [0.4, 0.5) is 16.0 Å². The Labute approximate surface area is 156 Å². The van der Waals surface area contributed by atoms with Gasteiger partial charge in [0.05, 0.1) is 19.8 Å². The molecule has 27 heavy (non-hydrogen) atoms. The van der Waals surface area contributed by atoms with Crippen LogP contribution in [0.3, 0.4) is 0 Å². The SMILES string of the molecule is CCC(O)Cn1nc(Nc2cc(F)cc(OC)c2)nc1-c1ccnc(C)c1. The number of hydrogen-bond donors (Lipinski definition) is 2. The number of hydrogen-bond acceptors (Lipinski definition) is 6. The first-order valence-electron chi connectivity index (χ1n) is 8.66. The van der Waals surface area contributed by atoms with Gasteiger partial charge in [-0.25, -0.2) is 9.07 Å². The van der Waals surface area contributed by atoms with E-state index in [1.165, 1.54) is 19.2 Å². The highest BCUT2D eigenvalue weighted by atomic mass is 19.1. The van der Waals surface area contributed by atoms with Gasteiger partial charge in [0.1, 0.15) is 11.6 Å². The molecule has 0 aliphatic heterocycles. The summed E-state index contributed by atoms with van der Waals surface area (Å²) in [5.41, 5.74) is 2.16. The van der Waals surface area contributed by atoms with Crippen LogP contribution in [0.2, 0.25) is 0 Å². The van der Waals surface area contributed by atoms with Gasteiger partial charge in [-0.1, -0.05) is 6.92 Å². The third-order valence-electron chi connectivity index (χ3n) is 4.04. The molecule has 0 fully saturated rings. The molecular formula is C19H22FN5O2. The lowest BCUT2D eigenvalue weighted by Crippen LogP contribution is -2.16. The van der Waals surface area contributed by atoms with E-state index in [0.29, 0.717) is 36.2 Å². The van der Waals surface area contributed by atoms with E-state index in [1.54, 1.807) is 16.9 Å². The quantitative estimate of drug-likeness (QED) is 0.663. The van der Waals surface area contributed by atoms with Gasteiger partial charge in [0, 0.05) is 35.3 Å². The summed E-state index contributed by atoms with van der Waals surface area (Å²) in [6.45, 7) is 4.09. The van der Waals surface area contributed by atoms with Crippen molar-refractivity contribution in [3.8, 4) is 17.1 Å². The Morgan fingerprint density at radius 2 is 2.11 bits per heavy atom.